The first-order chi connectivity index (χ1) is 12.9. The van der Waals surface area contributed by atoms with E-state index in [1.165, 1.54) is 7.05 Å². The molecule has 0 atom stereocenters. The first kappa shape index (κ1) is 18.1. The second kappa shape index (κ2) is 7.27. The Morgan fingerprint density at radius 2 is 1.93 bits per heavy atom. The van der Waals surface area contributed by atoms with Crippen LogP contribution in [0.1, 0.15) is 31.3 Å². The van der Waals surface area contributed by atoms with Gasteiger partial charge in [-0.3, -0.25) is 14.1 Å². The van der Waals surface area contributed by atoms with Crippen molar-refractivity contribution >= 4 is 33.8 Å². The number of rotatable bonds is 4. The molecule has 0 spiro atoms. The molecule has 2 amide bonds. The number of hydrogen-bond donors (Lipinski definition) is 3. The number of benzene rings is 1. The Morgan fingerprint density at radius 1 is 1.22 bits per heavy atom. The number of nitrogens with one attached hydrogen (secondary N) is 3. The summed E-state index contributed by atoms with van der Waals surface area (Å²) in [6.07, 6.45) is 0. The van der Waals surface area contributed by atoms with Crippen LogP contribution in [-0.2, 0) is 7.05 Å². The van der Waals surface area contributed by atoms with Crippen molar-refractivity contribution in [3.05, 3.63) is 62.4 Å². The van der Waals surface area contributed by atoms with Gasteiger partial charge < -0.3 is 10.6 Å². The van der Waals surface area contributed by atoms with Crippen LogP contribution in [0.5, 0.6) is 0 Å². The first-order valence-corrected chi connectivity index (χ1v) is 8.52. The Morgan fingerprint density at radius 3 is 2.52 bits per heavy atom. The predicted octanol–water partition coefficient (Wildman–Crippen LogP) is 1.54. The molecule has 10 heteroatoms. The molecule has 0 bridgehead atoms. The topological polar surface area (TPSA) is 132 Å². The third-order valence-corrected chi connectivity index (χ3v) is 4.95. The number of hydrogen-bond acceptors (Lipinski definition) is 6. The zero-order valence-electron chi connectivity index (χ0n) is 14.3. The molecule has 0 unspecified atom stereocenters. The number of carbonyl (C=O) groups is 2. The number of thiophene rings is 1. The summed E-state index contributed by atoms with van der Waals surface area (Å²) in [5.41, 5.74) is 0.103. The summed E-state index contributed by atoms with van der Waals surface area (Å²) in [5, 5.41) is 17.1. The van der Waals surface area contributed by atoms with Crippen molar-refractivity contribution in [1.29, 1.82) is 5.26 Å². The average molecular weight is 384 g/mol. The molecular weight excluding hydrogens is 370 g/mol. The van der Waals surface area contributed by atoms with Gasteiger partial charge in [0, 0.05) is 5.69 Å². The van der Waals surface area contributed by atoms with Gasteiger partial charge in [-0.2, -0.15) is 5.26 Å². The molecule has 9 nitrogen and oxygen atoms in total. The highest BCUT2D eigenvalue weighted by Gasteiger charge is 2.29. The van der Waals surface area contributed by atoms with Crippen molar-refractivity contribution in [1.82, 2.24) is 5.27 Å². The third-order valence-electron chi connectivity index (χ3n) is 3.74. The number of nitriles is 1. The van der Waals surface area contributed by atoms with Gasteiger partial charge in [-0.25, -0.2) is 4.79 Å². The fraction of sp³-hybridized carbons (Fsp3) is 0.118. The van der Waals surface area contributed by atoms with E-state index in [1.54, 1.807) is 31.2 Å². The number of H-pyrrole nitrogens is 1. The monoisotopic (exact) mass is 384 g/mol. The number of anilines is 2. The van der Waals surface area contributed by atoms with Gasteiger partial charge in [0.1, 0.15) is 11.1 Å². The number of aromatic amines is 1. The van der Waals surface area contributed by atoms with E-state index in [2.05, 4.69) is 20.4 Å². The predicted molar refractivity (Wildman–Crippen MR) is 96.6 cm³/mol. The van der Waals surface area contributed by atoms with Gasteiger partial charge in [0.25, 0.3) is 5.91 Å². The Labute approximate surface area is 156 Å². The van der Waals surface area contributed by atoms with Crippen molar-refractivity contribution < 1.29 is 18.8 Å². The van der Waals surface area contributed by atoms with Crippen molar-refractivity contribution in [3.8, 4) is 6.07 Å². The lowest BCUT2D eigenvalue weighted by Crippen LogP contribution is -2.41. The molecule has 0 fully saturated rings. The van der Waals surface area contributed by atoms with Crippen LogP contribution in [0.15, 0.2) is 39.6 Å². The van der Waals surface area contributed by atoms with Gasteiger partial charge in [-0.15, -0.1) is 11.3 Å². The van der Waals surface area contributed by atoms with Crippen molar-refractivity contribution in [3.63, 3.8) is 0 Å². The molecule has 0 saturated heterocycles. The lowest BCUT2D eigenvalue weighted by Gasteiger charge is -2.03. The van der Waals surface area contributed by atoms with Gasteiger partial charge in [0.2, 0.25) is 0 Å². The molecule has 136 valence electrons. The summed E-state index contributed by atoms with van der Waals surface area (Å²) < 4.78 is 5.66. The maximum Gasteiger partial charge on any atom is 0.440 e. The summed E-state index contributed by atoms with van der Waals surface area (Å²) in [5.74, 6) is -1.15. The lowest BCUT2D eigenvalue weighted by molar-refractivity contribution is -0.741. The number of aromatic nitrogens is 2. The standard InChI is InChI=1S/C17H13N5O4S/c1-9-11(8-18)16(20-14(23)12-17(25)26-21-22(12)2)27-13(9)15(24)19-10-6-4-3-5-7-10/h3-7H,1-2H3,(H2-,19,20,21,23,24,25)/p+1. The highest BCUT2D eigenvalue weighted by atomic mass is 32.1. The zero-order valence-corrected chi connectivity index (χ0v) is 15.1. The fourth-order valence-electron chi connectivity index (χ4n) is 2.41. The highest BCUT2D eigenvalue weighted by Crippen LogP contribution is 2.33. The van der Waals surface area contributed by atoms with Gasteiger partial charge in [-0.1, -0.05) is 22.9 Å². The summed E-state index contributed by atoms with van der Waals surface area (Å²) >= 11 is 0.957. The van der Waals surface area contributed by atoms with E-state index in [1.807, 2.05) is 12.1 Å². The van der Waals surface area contributed by atoms with Crippen LogP contribution >= 0.6 is 11.3 Å². The van der Waals surface area contributed by atoms with Crippen LogP contribution in [-0.4, -0.2) is 17.1 Å². The normalized spacial score (nSPS) is 10.3. The molecule has 3 N–H and O–H groups in total. The Bertz CT molecular complexity index is 1120. The molecule has 0 aliphatic rings. The smallest absolute Gasteiger partial charge is 0.321 e. The number of amides is 2. The minimum atomic E-state index is -0.844. The van der Waals surface area contributed by atoms with Crippen LogP contribution in [0.2, 0.25) is 0 Å². The summed E-state index contributed by atoms with van der Waals surface area (Å²) in [4.78, 5) is 36.8. The number of nitrogens with zero attached hydrogens (tertiary/aromatic N) is 2. The number of aryl methyl sites for hydroxylation is 1. The van der Waals surface area contributed by atoms with Gasteiger partial charge >= 0.3 is 17.2 Å². The van der Waals surface area contributed by atoms with Crippen LogP contribution < -0.4 is 20.9 Å². The molecule has 27 heavy (non-hydrogen) atoms. The lowest BCUT2D eigenvalue weighted by atomic mass is 10.1. The molecule has 3 aromatic rings. The Hall–Kier alpha value is -3.71. The SMILES string of the molecule is Cc1c(C(=O)Nc2ccccc2)sc(NC(=O)c2c(=O)o[nH][n+]2C)c1C#N. The minimum Gasteiger partial charge on any atom is -0.321 e. The van der Waals surface area contributed by atoms with Crippen LogP contribution in [0.25, 0.3) is 0 Å². The largest absolute Gasteiger partial charge is 0.440 e. The van der Waals surface area contributed by atoms with E-state index in [-0.39, 0.29) is 21.1 Å². The molecule has 0 saturated carbocycles. The maximum atomic E-state index is 12.5. The van der Waals surface area contributed by atoms with Crippen molar-refractivity contribution in [2.75, 3.05) is 10.6 Å². The molecule has 0 aliphatic carbocycles. The second-order valence-electron chi connectivity index (χ2n) is 5.53. The fourth-order valence-corrected chi connectivity index (χ4v) is 3.46. The van der Waals surface area contributed by atoms with Gasteiger partial charge in [0.15, 0.2) is 7.05 Å². The first-order valence-electron chi connectivity index (χ1n) is 7.71. The molecule has 2 heterocycles. The minimum absolute atomic E-state index is 0.161. The highest BCUT2D eigenvalue weighted by molar-refractivity contribution is 7.18. The van der Waals surface area contributed by atoms with Crippen molar-refractivity contribution in [2.24, 2.45) is 7.05 Å². The van der Waals surface area contributed by atoms with E-state index in [4.69, 9.17) is 0 Å². The van der Waals surface area contributed by atoms with E-state index in [9.17, 15) is 19.6 Å². The molecule has 2 aromatic heterocycles. The summed E-state index contributed by atoms with van der Waals surface area (Å²) in [6, 6.07) is 10.8. The van der Waals surface area contributed by atoms with Crippen molar-refractivity contribution in [2.45, 2.75) is 6.92 Å². The number of para-hydroxylation sites is 1. The molecule has 0 aliphatic heterocycles. The van der Waals surface area contributed by atoms with Crippen LogP contribution in [0, 0.1) is 18.3 Å². The van der Waals surface area contributed by atoms with Crippen LogP contribution in [0.4, 0.5) is 10.7 Å². The van der Waals surface area contributed by atoms with E-state index in [0.717, 1.165) is 16.0 Å². The molecule has 3 rings (SSSR count). The van der Waals surface area contributed by atoms with Crippen LogP contribution in [0.3, 0.4) is 0 Å². The zero-order chi connectivity index (χ0) is 19.6. The molecule has 1 aromatic carbocycles. The maximum absolute atomic E-state index is 12.5. The van der Waals surface area contributed by atoms with E-state index >= 15 is 0 Å². The third kappa shape index (κ3) is 3.49. The average Bonchev–Trinajstić information content (AvgIpc) is 3.14. The second-order valence-corrected chi connectivity index (χ2v) is 6.56. The van der Waals surface area contributed by atoms with Gasteiger partial charge in [-0.05, 0) is 29.9 Å². The Balaban J connectivity index is 1.90. The number of carbonyl (C=O) groups excluding carboxylic acids is 2. The summed E-state index contributed by atoms with van der Waals surface area (Å²) in [6.45, 7) is 1.62. The summed E-state index contributed by atoms with van der Waals surface area (Å²) in [7, 11) is 1.43. The quantitative estimate of drug-likeness (QED) is 0.587. The molecule has 0 radical (unpaired) electrons. The van der Waals surface area contributed by atoms with E-state index in [0.29, 0.717) is 11.3 Å². The van der Waals surface area contributed by atoms with Gasteiger partial charge in [0.05, 0.1) is 10.4 Å². The Kier molecular flexibility index (Phi) is 4.87. The van der Waals surface area contributed by atoms with E-state index < -0.39 is 17.4 Å². The molecular formula is C17H14N5O4S+.